The van der Waals surface area contributed by atoms with E-state index in [-0.39, 0.29) is 12.4 Å². The summed E-state index contributed by atoms with van der Waals surface area (Å²) in [6.45, 7) is 13.4. The van der Waals surface area contributed by atoms with Gasteiger partial charge in [-0.3, -0.25) is 0 Å². The third-order valence-corrected chi connectivity index (χ3v) is 9.04. The van der Waals surface area contributed by atoms with Crippen molar-refractivity contribution in [3.8, 4) is 34.5 Å². The van der Waals surface area contributed by atoms with Gasteiger partial charge in [-0.25, -0.2) is 14.4 Å². The zero-order valence-corrected chi connectivity index (χ0v) is 36.7. The van der Waals surface area contributed by atoms with Crippen molar-refractivity contribution in [1.82, 2.24) is 0 Å². The molecule has 4 aromatic rings. The Balaban J connectivity index is 1.20. The van der Waals surface area contributed by atoms with Crippen LogP contribution in [0.15, 0.2) is 120 Å². The van der Waals surface area contributed by atoms with Crippen molar-refractivity contribution < 1.29 is 57.3 Å². The smallest absolute Gasteiger partial charge is 0.343 e. The van der Waals surface area contributed by atoms with E-state index >= 15 is 0 Å². The molecule has 0 aromatic heterocycles. The highest BCUT2D eigenvalue weighted by Gasteiger charge is 2.14. The molecule has 0 aliphatic carbocycles. The second-order valence-corrected chi connectivity index (χ2v) is 13.9. The van der Waals surface area contributed by atoms with Gasteiger partial charge in [0.25, 0.3) is 0 Å². The van der Waals surface area contributed by atoms with Crippen LogP contribution >= 0.6 is 0 Å². The van der Waals surface area contributed by atoms with Crippen molar-refractivity contribution in [1.29, 1.82) is 0 Å². The van der Waals surface area contributed by atoms with E-state index in [9.17, 15) is 14.4 Å². The van der Waals surface area contributed by atoms with Gasteiger partial charge in [0.15, 0.2) is 17.2 Å². The molecule has 64 heavy (non-hydrogen) atoms. The average Bonchev–Trinajstić information content (AvgIpc) is 3.31. The van der Waals surface area contributed by atoms with E-state index < -0.39 is 17.9 Å². The molecule has 0 saturated heterocycles. The number of benzene rings is 4. The fourth-order valence-electron chi connectivity index (χ4n) is 5.75. The number of unbranched alkanes of at least 4 members (excludes halogenated alkanes) is 6. The zero-order valence-electron chi connectivity index (χ0n) is 36.7. The maximum atomic E-state index is 13.0. The minimum absolute atomic E-state index is 0.210. The minimum Gasteiger partial charge on any atom is -0.494 e. The van der Waals surface area contributed by atoms with Crippen molar-refractivity contribution in [2.24, 2.45) is 10.2 Å². The summed E-state index contributed by atoms with van der Waals surface area (Å²) in [6, 6.07) is 24.8. The Morgan fingerprint density at radius 3 is 1.50 bits per heavy atom. The van der Waals surface area contributed by atoms with Gasteiger partial charge in [-0.05, 0) is 155 Å². The van der Waals surface area contributed by atoms with Crippen molar-refractivity contribution in [3.63, 3.8) is 0 Å². The predicted octanol–water partition coefficient (Wildman–Crippen LogP) is 10.0. The third-order valence-electron chi connectivity index (χ3n) is 9.04. The number of carbonyl (C=O) groups excluding carboxylic acids is 3. The third kappa shape index (κ3) is 19.0. The first kappa shape index (κ1) is 49.7. The first-order chi connectivity index (χ1) is 31.3. The lowest BCUT2D eigenvalue weighted by Crippen LogP contribution is -2.10. The fourth-order valence-corrected chi connectivity index (χ4v) is 5.75. The van der Waals surface area contributed by atoms with Gasteiger partial charge in [0.05, 0.1) is 57.6 Å². The Kier molecular flexibility index (Phi) is 22.8. The van der Waals surface area contributed by atoms with Gasteiger partial charge in [-0.2, -0.15) is 15.1 Å². The molecular formula is C50H58N2O12. The fraction of sp³-hybridized carbons (Fsp3) is 0.340. The summed E-state index contributed by atoms with van der Waals surface area (Å²) in [7, 11) is 0. The molecule has 0 saturated carbocycles. The molecule has 14 heteroatoms. The molecule has 4 aromatic carbocycles. The number of rotatable bonds is 31. The lowest BCUT2D eigenvalue weighted by molar-refractivity contribution is -0.218. The van der Waals surface area contributed by atoms with Gasteiger partial charge in [0, 0.05) is 12.2 Å². The van der Waals surface area contributed by atoms with E-state index in [0.29, 0.717) is 73.8 Å². The molecule has 0 unspecified atom stereocenters. The summed E-state index contributed by atoms with van der Waals surface area (Å²) in [5.74, 6) is 1.63. The number of hydrogen-bond donors (Lipinski definition) is 0. The second-order valence-electron chi connectivity index (χ2n) is 13.9. The second kappa shape index (κ2) is 29.4. The van der Waals surface area contributed by atoms with Crippen LogP contribution in [0.5, 0.6) is 34.5 Å². The zero-order chi connectivity index (χ0) is 45.6. The molecule has 0 aliphatic rings. The standard InChI is InChI=1S/C50H58N2O12/c1-5-48(53)60-31-15-11-9-13-29-58-42-23-17-38(18-24-42)37-62-64-45-28-20-40(34-47(45)57-8-4)36-52-51-35-39-19-27-44(46(33-39)56-7-3)63-50(55)41-21-25-43(26-22-41)59-30-14-10-12-16-32-61-49(54)6-2/h5-6,17-28,33-36H,1-2,7-16,29-32,37H2,3-4H3. The Morgan fingerprint density at radius 2 is 1.00 bits per heavy atom. The Labute approximate surface area is 375 Å². The molecule has 0 N–H and O–H groups in total. The Bertz CT molecular complexity index is 2120. The molecule has 0 radical (unpaired) electrons. The summed E-state index contributed by atoms with van der Waals surface area (Å²) in [5.41, 5.74) is 2.68. The number of hydrogen-bond acceptors (Lipinski definition) is 14. The number of esters is 3. The number of ether oxygens (including phenoxy) is 7. The molecule has 0 fully saturated rings. The monoisotopic (exact) mass is 878 g/mol. The van der Waals surface area contributed by atoms with Crippen LogP contribution in [0.3, 0.4) is 0 Å². The van der Waals surface area contributed by atoms with Gasteiger partial charge in [0.2, 0.25) is 5.75 Å². The molecule has 0 heterocycles. The maximum Gasteiger partial charge on any atom is 0.343 e. The summed E-state index contributed by atoms with van der Waals surface area (Å²) in [5, 5.41) is 8.39. The quantitative estimate of drug-likeness (QED) is 0.00897. The normalized spacial score (nSPS) is 10.9. The molecular weight excluding hydrogens is 821 g/mol. The lowest BCUT2D eigenvalue weighted by Gasteiger charge is -2.12. The van der Waals surface area contributed by atoms with Gasteiger partial charge >= 0.3 is 17.9 Å². The van der Waals surface area contributed by atoms with Crippen LogP contribution in [0.25, 0.3) is 0 Å². The van der Waals surface area contributed by atoms with Crippen molar-refractivity contribution in [2.75, 3.05) is 39.6 Å². The van der Waals surface area contributed by atoms with Crippen LogP contribution in [0, 0.1) is 0 Å². The topological polar surface area (TPSA) is 159 Å². The molecule has 0 spiro atoms. The summed E-state index contributed by atoms with van der Waals surface area (Å²) in [4.78, 5) is 46.3. The van der Waals surface area contributed by atoms with E-state index in [0.717, 1.165) is 74.3 Å². The summed E-state index contributed by atoms with van der Waals surface area (Å²) < 4.78 is 38.9. The Hall–Kier alpha value is -6.93. The lowest BCUT2D eigenvalue weighted by atomic mass is 10.2. The van der Waals surface area contributed by atoms with Crippen LogP contribution in [-0.4, -0.2) is 70.0 Å². The first-order valence-corrected chi connectivity index (χ1v) is 21.5. The summed E-state index contributed by atoms with van der Waals surface area (Å²) >= 11 is 0. The molecule has 14 nitrogen and oxygen atoms in total. The highest BCUT2D eigenvalue weighted by Crippen LogP contribution is 2.30. The first-order valence-electron chi connectivity index (χ1n) is 21.5. The number of carbonyl (C=O) groups is 3. The van der Waals surface area contributed by atoms with Crippen LogP contribution in [0.1, 0.15) is 92.3 Å². The highest BCUT2D eigenvalue weighted by atomic mass is 17.2. The van der Waals surface area contributed by atoms with E-state index in [4.69, 9.17) is 42.9 Å². The van der Waals surface area contributed by atoms with Crippen LogP contribution < -0.4 is 28.6 Å². The van der Waals surface area contributed by atoms with Gasteiger partial charge in [0.1, 0.15) is 18.1 Å². The molecule has 340 valence electrons. The minimum atomic E-state index is -0.537. The van der Waals surface area contributed by atoms with Gasteiger partial charge < -0.3 is 38.0 Å². The van der Waals surface area contributed by atoms with E-state index in [2.05, 4.69) is 23.4 Å². The van der Waals surface area contributed by atoms with E-state index in [1.807, 2.05) is 38.1 Å². The van der Waals surface area contributed by atoms with E-state index in [1.165, 1.54) is 6.08 Å². The van der Waals surface area contributed by atoms with E-state index in [1.54, 1.807) is 73.1 Å². The van der Waals surface area contributed by atoms with Crippen LogP contribution in [-0.2, 0) is 30.6 Å². The SMILES string of the molecule is C=CC(=O)OCCCCCCOc1ccc(COOc2ccc(C=NN=Cc3ccc(OC(=O)c4ccc(OCCCCCCOC(=O)C=C)cc4)c(OCC)c3)cc2OCC)cc1. The van der Waals surface area contributed by atoms with Crippen molar-refractivity contribution in [2.45, 2.75) is 71.8 Å². The largest absolute Gasteiger partial charge is 0.494 e. The van der Waals surface area contributed by atoms with Crippen molar-refractivity contribution in [3.05, 3.63) is 132 Å². The molecule has 0 aliphatic heterocycles. The molecule has 0 atom stereocenters. The summed E-state index contributed by atoms with van der Waals surface area (Å²) in [6.07, 6.45) is 12.6. The molecule has 0 amide bonds. The molecule has 0 bridgehead atoms. The van der Waals surface area contributed by atoms with Crippen molar-refractivity contribution >= 4 is 30.3 Å². The van der Waals surface area contributed by atoms with Crippen LogP contribution in [0.4, 0.5) is 0 Å². The Morgan fingerprint density at radius 1 is 0.531 bits per heavy atom. The number of nitrogens with zero attached hydrogens (tertiary/aromatic N) is 2. The van der Waals surface area contributed by atoms with Gasteiger partial charge in [-0.15, -0.1) is 0 Å². The average molecular weight is 879 g/mol. The predicted molar refractivity (Wildman–Crippen MR) is 244 cm³/mol. The maximum absolute atomic E-state index is 13.0. The highest BCUT2D eigenvalue weighted by molar-refractivity contribution is 5.92. The van der Waals surface area contributed by atoms with Gasteiger partial charge in [-0.1, -0.05) is 25.3 Å². The van der Waals surface area contributed by atoms with Crippen LogP contribution in [0.2, 0.25) is 0 Å². The molecule has 4 rings (SSSR count).